The molecule has 4 atom stereocenters. The number of aromatic nitrogens is 2. The Hall–Kier alpha value is -5.69. The minimum Gasteiger partial charge on any atom is -0.507 e. The molecular weight excluding hydrogens is 813 g/mol. The summed E-state index contributed by atoms with van der Waals surface area (Å²) in [5.41, 5.74) is 8.59. The number of ketones is 1. The summed E-state index contributed by atoms with van der Waals surface area (Å²) in [7, 11) is 0. The number of anilines is 2. The molecule has 4 aliphatic rings. The van der Waals surface area contributed by atoms with E-state index in [0.29, 0.717) is 76.4 Å². The van der Waals surface area contributed by atoms with Crippen LogP contribution in [-0.2, 0) is 9.53 Å². The van der Waals surface area contributed by atoms with Gasteiger partial charge in [0, 0.05) is 73.3 Å². The topological polar surface area (TPSA) is 185 Å². The Morgan fingerprint density at radius 3 is 1.87 bits per heavy atom. The average Bonchev–Trinajstić information content (AvgIpc) is 4.11. The van der Waals surface area contributed by atoms with Gasteiger partial charge in [0.1, 0.15) is 35.3 Å². The van der Waals surface area contributed by atoms with Crippen molar-refractivity contribution in [3.05, 3.63) is 67.7 Å². The monoisotopic (exact) mass is 871 g/mol. The summed E-state index contributed by atoms with van der Waals surface area (Å²) in [4.78, 5) is 53.4. The van der Waals surface area contributed by atoms with Crippen LogP contribution in [0.15, 0.2) is 33.9 Å². The predicted molar refractivity (Wildman–Crippen MR) is 238 cm³/mol. The van der Waals surface area contributed by atoms with Crippen molar-refractivity contribution in [3.8, 4) is 17.6 Å². The number of amides is 1. The van der Waals surface area contributed by atoms with Crippen LogP contribution in [-0.4, -0.2) is 76.6 Å². The van der Waals surface area contributed by atoms with E-state index in [2.05, 4.69) is 5.32 Å². The molecule has 0 unspecified atom stereocenters. The van der Waals surface area contributed by atoms with E-state index in [9.17, 15) is 24.3 Å². The Kier molecular flexibility index (Phi) is 12.8. The maximum atomic E-state index is 15.4. The number of nitrogens with zero attached hydrogens (tertiary/aromatic N) is 5. The third-order valence-corrected chi connectivity index (χ3v) is 12.7. The normalized spacial score (nSPS) is 19.7. The third kappa shape index (κ3) is 9.63. The second kappa shape index (κ2) is 17.8. The Balaban J connectivity index is 0.000000189. The van der Waals surface area contributed by atoms with Gasteiger partial charge in [-0.15, -0.1) is 0 Å². The van der Waals surface area contributed by atoms with Crippen molar-refractivity contribution >= 4 is 45.1 Å². The number of hydrogen-bond acceptors (Lipinski definition) is 11. The molecule has 0 spiro atoms. The van der Waals surface area contributed by atoms with Gasteiger partial charge < -0.3 is 44.6 Å². The smallest absolute Gasteiger partial charge is 0.407 e. The maximum Gasteiger partial charge on any atom is 0.407 e. The number of halogens is 2. The maximum absolute atomic E-state index is 15.4. The van der Waals surface area contributed by atoms with Crippen molar-refractivity contribution < 1.29 is 33.0 Å². The number of hydrogen-bond donors (Lipinski definition) is 3. The zero-order valence-corrected chi connectivity index (χ0v) is 37.2. The van der Waals surface area contributed by atoms with E-state index in [-0.39, 0.29) is 71.5 Å². The highest BCUT2D eigenvalue weighted by atomic mass is 19.1. The first-order valence-corrected chi connectivity index (χ1v) is 22.0. The van der Waals surface area contributed by atoms with Crippen molar-refractivity contribution in [1.82, 2.24) is 14.5 Å². The second-order valence-corrected chi connectivity index (χ2v) is 18.8. The van der Waals surface area contributed by atoms with Gasteiger partial charge in [-0.25, -0.2) is 13.6 Å². The number of fused-ring (bicyclic) bond motifs is 2. The number of pyridine rings is 2. The van der Waals surface area contributed by atoms with E-state index in [1.165, 1.54) is 24.3 Å². The van der Waals surface area contributed by atoms with Gasteiger partial charge in [0.05, 0.1) is 34.9 Å². The van der Waals surface area contributed by atoms with Gasteiger partial charge in [-0.05, 0) is 122 Å². The lowest BCUT2D eigenvalue weighted by Gasteiger charge is -2.26. The molecule has 14 nitrogen and oxygen atoms in total. The molecule has 0 bridgehead atoms. The molecule has 0 radical (unpaired) electrons. The number of alkyl carbamates (subject to hydrolysis) is 1. The van der Waals surface area contributed by atoms with E-state index in [4.69, 9.17) is 20.5 Å². The fourth-order valence-corrected chi connectivity index (χ4v) is 9.27. The van der Waals surface area contributed by atoms with Crippen LogP contribution in [0.2, 0.25) is 0 Å². The highest BCUT2D eigenvalue weighted by molar-refractivity contribution is 5.93. The van der Waals surface area contributed by atoms with E-state index in [0.717, 1.165) is 38.5 Å². The first-order valence-electron chi connectivity index (χ1n) is 22.0. The van der Waals surface area contributed by atoms with Crippen LogP contribution in [0, 0.1) is 48.6 Å². The summed E-state index contributed by atoms with van der Waals surface area (Å²) in [6.45, 7) is 15.3. The Morgan fingerprint density at radius 2 is 1.37 bits per heavy atom. The van der Waals surface area contributed by atoms with Crippen LogP contribution >= 0.6 is 0 Å². The Bertz CT molecular complexity index is 2600. The average molecular weight is 872 g/mol. The van der Waals surface area contributed by atoms with Gasteiger partial charge in [-0.3, -0.25) is 14.4 Å². The first-order chi connectivity index (χ1) is 29.8. The molecule has 2 aliphatic heterocycles. The zero-order chi connectivity index (χ0) is 45.7. The van der Waals surface area contributed by atoms with Crippen molar-refractivity contribution in [2.75, 3.05) is 42.6 Å². The number of nitrogens with one attached hydrogen (secondary N) is 1. The quantitative estimate of drug-likeness (QED) is 0.140. The first kappa shape index (κ1) is 45.3. The number of Topliss-reactive ketones (excluding diaryl/α,β-unsaturated/α-hetero) is 1. The molecule has 8 rings (SSSR count). The summed E-state index contributed by atoms with van der Waals surface area (Å²) in [6.07, 6.45) is 4.58. The third-order valence-electron chi connectivity index (χ3n) is 12.7. The fourth-order valence-electron chi connectivity index (χ4n) is 9.27. The van der Waals surface area contributed by atoms with Crippen molar-refractivity contribution in [2.24, 2.45) is 17.6 Å². The van der Waals surface area contributed by atoms with Crippen molar-refractivity contribution in [1.29, 1.82) is 5.26 Å². The molecule has 2 aromatic heterocycles. The number of nitrogens with two attached hydrogens (primary N) is 1. The molecule has 4 fully saturated rings. The number of nitriles is 1. The molecule has 4 heterocycles. The largest absolute Gasteiger partial charge is 0.507 e. The molecule has 4 N–H and O–H groups in total. The van der Waals surface area contributed by atoms with Crippen molar-refractivity contribution in [2.45, 2.75) is 123 Å². The summed E-state index contributed by atoms with van der Waals surface area (Å²) in [6, 6.07) is 7.11. The summed E-state index contributed by atoms with van der Waals surface area (Å²) >= 11 is 0. The van der Waals surface area contributed by atoms with E-state index in [1.54, 1.807) is 15.2 Å². The molecule has 63 heavy (non-hydrogen) atoms. The standard InChI is InChI=1S/C24H32FN3O4.C23H27FN4O3/c1-13-21-17(19(29)11-20(30)28(21)16-6-7-16)10-18(25)22(13)27-9-8-15(12-27)14(2)26-23(31)32-24(3,4)5;1-13-22-18(9-19(24)23(13)27-8-6-15(11-27)14(2)26)20(31-12-17(29)5-7-25)10-21(30)28(22)16-3-4-16/h10-11,14-16,29H,6-9,12H2,1-5H3,(H,26,31);9-10,14-16H,3-6,8,11-12,26H2,1-2H3/t2*14-,15+/m00/s1. The van der Waals surface area contributed by atoms with Gasteiger partial charge in [-0.1, -0.05) is 0 Å². The SMILES string of the molecule is Cc1c(N2CC[C@@H]([C@H](C)N)C2)c(F)cc2c(OCC(=O)CC#N)cc(=O)n(C3CC3)c12.Cc1c(N2CC[C@@H]([C@H](C)NC(=O)OC(C)(C)C)C2)c(F)cc2c(O)cc(=O)n(C3CC3)c12. The van der Waals surface area contributed by atoms with E-state index in [1.807, 2.05) is 58.3 Å². The lowest BCUT2D eigenvalue weighted by molar-refractivity contribution is -0.120. The Morgan fingerprint density at radius 1 is 0.857 bits per heavy atom. The van der Waals surface area contributed by atoms with Gasteiger partial charge >= 0.3 is 6.09 Å². The second-order valence-electron chi connectivity index (χ2n) is 18.8. The lowest BCUT2D eigenvalue weighted by atomic mass is 10.0. The van der Waals surface area contributed by atoms with Crippen LogP contribution in [0.5, 0.6) is 11.5 Å². The van der Waals surface area contributed by atoms with Crippen LogP contribution in [0.1, 0.15) is 103 Å². The minimum atomic E-state index is -0.570. The van der Waals surface area contributed by atoms with Crippen LogP contribution in [0.4, 0.5) is 25.0 Å². The molecule has 4 aromatic rings. The molecule has 2 aliphatic carbocycles. The van der Waals surface area contributed by atoms with Crippen LogP contribution < -0.4 is 36.7 Å². The number of aromatic hydroxyl groups is 1. The summed E-state index contributed by atoms with van der Waals surface area (Å²) in [5.74, 6) is -0.789. The molecule has 2 saturated heterocycles. The van der Waals surface area contributed by atoms with E-state index < -0.39 is 23.3 Å². The molecule has 1 amide bonds. The Labute approximate surface area is 365 Å². The number of benzene rings is 2. The molecule has 16 heteroatoms. The molecule has 2 aromatic carbocycles. The van der Waals surface area contributed by atoms with Gasteiger partial charge in [0.2, 0.25) is 0 Å². The number of ether oxygens (including phenoxy) is 2. The highest BCUT2D eigenvalue weighted by Gasteiger charge is 2.35. The van der Waals surface area contributed by atoms with Crippen LogP contribution in [0.25, 0.3) is 21.8 Å². The van der Waals surface area contributed by atoms with Gasteiger partial charge in [0.15, 0.2) is 5.78 Å². The van der Waals surface area contributed by atoms with Crippen molar-refractivity contribution in [3.63, 3.8) is 0 Å². The van der Waals surface area contributed by atoms with E-state index >= 15 is 8.78 Å². The number of carbonyl (C=O) groups excluding carboxylic acids is 2. The number of rotatable bonds is 11. The minimum absolute atomic E-state index is 0.0319. The molecule has 338 valence electrons. The van der Waals surface area contributed by atoms with Gasteiger partial charge in [-0.2, -0.15) is 5.26 Å². The predicted octanol–water partition coefficient (Wildman–Crippen LogP) is 7.05. The summed E-state index contributed by atoms with van der Waals surface area (Å²) in [5, 5.41) is 22.7. The fraction of sp³-hybridized carbons (Fsp3) is 0.553. The number of aryl methyl sites for hydroxylation is 2. The molecule has 2 saturated carbocycles. The van der Waals surface area contributed by atoms with Crippen LogP contribution in [0.3, 0.4) is 0 Å². The highest BCUT2D eigenvalue weighted by Crippen LogP contribution is 2.44. The lowest BCUT2D eigenvalue weighted by Crippen LogP contribution is -2.42. The zero-order valence-electron chi connectivity index (χ0n) is 37.2. The summed E-state index contributed by atoms with van der Waals surface area (Å²) < 4.78 is 45.0. The van der Waals surface area contributed by atoms with Gasteiger partial charge in [0.25, 0.3) is 11.1 Å². The molecular formula is C47H59F2N7O7. The number of carbonyl (C=O) groups is 2.